The Morgan fingerprint density at radius 3 is 2.56 bits per heavy atom. The van der Waals surface area contributed by atoms with E-state index in [4.69, 9.17) is 10.9 Å². The third-order valence-corrected chi connectivity index (χ3v) is 2.59. The van der Waals surface area contributed by atoms with E-state index >= 15 is 0 Å². The molecule has 2 aromatic carbocycles. The first-order valence-corrected chi connectivity index (χ1v) is 5.64. The van der Waals surface area contributed by atoms with Crippen molar-refractivity contribution in [3.63, 3.8) is 0 Å². The molecule has 0 unspecified atom stereocenters. The predicted molar refractivity (Wildman–Crippen MR) is 72.2 cm³/mol. The lowest BCUT2D eigenvalue weighted by Crippen LogP contribution is -2.01. The molecule has 0 aliphatic carbocycles. The van der Waals surface area contributed by atoms with Gasteiger partial charge in [0.1, 0.15) is 0 Å². The van der Waals surface area contributed by atoms with Crippen LogP contribution < -0.4 is 5.32 Å². The molecule has 18 heavy (non-hydrogen) atoms. The minimum absolute atomic E-state index is 0.0293. The fourth-order valence-electron chi connectivity index (χ4n) is 1.64. The van der Waals surface area contributed by atoms with Crippen molar-refractivity contribution < 1.29 is 0 Å². The lowest BCUT2D eigenvalue weighted by Gasteiger charge is -2.07. The molecule has 0 atom stereocenters. The highest BCUT2D eigenvalue weighted by atomic mass is 15.0. The Morgan fingerprint density at radius 2 is 1.83 bits per heavy atom. The van der Waals surface area contributed by atoms with E-state index in [1.54, 1.807) is 6.07 Å². The molecule has 4 heteroatoms. The minimum atomic E-state index is -0.0293. The van der Waals surface area contributed by atoms with Crippen molar-refractivity contribution in [2.75, 3.05) is 5.32 Å². The molecule has 2 rings (SSSR count). The lowest BCUT2D eigenvalue weighted by atomic mass is 10.1. The monoisotopic (exact) mass is 238 g/mol. The van der Waals surface area contributed by atoms with E-state index < -0.39 is 0 Å². The van der Waals surface area contributed by atoms with E-state index in [9.17, 15) is 0 Å². The molecule has 0 aromatic heterocycles. The smallest absolute Gasteiger partial charge is 0.173 e. The second-order valence-corrected chi connectivity index (χ2v) is 3.88. The maximum Gasteiger partial charge on any atom is 0.173 e. The zero-order valence-corrected chi connectivity index (χ0v) is 9.85. The van der Waals surface area contributed by atoms with Crippen LogP contribution in [0, 0.1) is 10.9 Å². The second-order valence-electron chi connectivity index (χ2n) is 3.88. The summed E-state index contributed by atoms with van der Waals surface area (Å²) in [5.74, 6) is -0.0293. The Balaban J connectivity index is 2.06. The van der Waals surface area contributed by atoms with Gasteiger partial charge in [0.25, 0.3) is 0 Å². The maximum atomic E-state index is 7.49. The van der Waals surface area contributed by atoms with Crippen molar-refractivity contribution in [2.45, 2.75) is 6.54 Å². The van der Waals surface area contributed by atoms with Crippen molar-refractivity contribution in [3.8, 4) is 0 Å². The summed E-state index contributed by atoms with van der Waals surface area (Å²) < 4.78 is 0. The fraction of sp³-hybridized carbons (Fsp3) is 0.0714. The van der Waals surface area contributed by atoms with Crippen LogP contribution in [0.2, 0.25) is 0 Å². The number of nitrogens with zero attached hydrogens (tertiary/aromatic N) is 1. The van der Waals surface area contributed by atoms with Crippen LogP contribution in [0.4, 0.5) is 5.69 Å². The predicted octanol–water partition coefficient (Wildman–Crippen LogP) is 3.66. The van der Waals surface area contributed by atoms with Gasteiger partial charge >= 0.3 is 0 Å². The third kappa shape index (κ3) is 3.01. The van der Waals surface area contributed by atoms with Gasteiger partial charge in [-0.3, -0.25) is 5.41 Å². The summed E-state index contributed by atoms with van der Waals surface area (Å²) in [4.78, 5) is 0. The van der Waals surface area contributed by atoms with Crippen LogP contribution >= 0.6 is 0 Å². The Labute approximate surface area is 106 Å². The van der Waals surface area contributed by atoms with E-state index in [-0.39, 0.29) is 5.84 Å². The van der Waals surface area contributed by atoms with Crippen LogP contribution in [0.25, 0.3) is 0 Å². The highest BCUT2D eigenvalue weighted by Gasteiger charge is 2.00. The molecule has 0 saturated carbocycles. The number of benzene rings is 2. The summed E-state index contributed by atoms with van der Waals surface area (Å²) in [6.07, 6.45) is 0. The molecule has 0 fully saturated rings. The summed E-state index contributed by atoms with van der Waals surface area (Å²) in [7, 11) is 0. The van der Waals surface area contributed by atoms with Crippen molar-refractivity contribution in [1.29, 1.82) is 10.9 Å². The van der Waals surface area contributed by atoms with Crippen LogP contribution in [0.1, 0.15) is 11.1 Å². The van der Waals surface area contributed by atoms with Gasteiger partial charge in [-0.25, -0.2) is 5.53 Å². The average molecular weight is 238 g/mol. The highest BCUT2D eigenvalue weighted by Crippen LogP contribution is 2.13. The van der Waals surface area contributed by atoms with E-state index in [2.05, 4.69) is 22.6 Å². The van der Waals surface area contributed by atoms with Crippen molar-refractivity contribution in [1.82, 2.24) is 0 Å². The normalized spacial score (nSPS) is 9.78. The van der Waals surface area contributed by atoms with E-state index in [1.165, 1.54) is 5.56 Å². The van der Waals surface area contributed by atoms with Gasteiger partial charge in [0.05, 0.1) is 0 Å². The summed E-state index contributed by atoms with van der Waals surface area (Å²) >= 11 is 0. The first kappa shape index (κ1) is 12.0. The molecule has 90 valence electrons. The molecule has 0 saturated heterocycles. The first-order valence-electron chi connectivity index (χ1n) is 5.64. The standard InChI is InChI=1S/C14H14N4/c15-14(18-16)12-7-4-8-13(9-12)17-10-11-5-2-1-3-6-11/h1-9,15-17H,10H2. The van der Waals surface area contributed by atoms with Crippen molar-refractivity contribution in [2.24, 2.45) is 5.11 Å². The minimum Gasteiger partial charge on any atom is -0.381 e. The summed E-state index contributed by atoms with van der Waals surface area (Å²) in [5.41, 5.74) is 9.59. The molecule has 0 spiro atoms. The highest BCUT2D eigenvalue weighted by molar-refractivity contribution is 5.97. The number of hydrogen-bond acceptors (Lipinski definition) is 3. The van der Waals surface area contributed by atoms with Crippen LogP contribution in [0.3, 0.4) is 0 Å². The van der Waals surface area contributed by atoms with Gasteiger partial charge in [-0.15, -0.1) is 5.11 Å². The molecule has 3 N–H and O–H groups in total. The lowest BCUT2D eigenvalue weighted by molar-refractivity contribution is 1.14. The molecular weight excluding hydrogens is 224 g/mol. The van der Waals surface area contributed by atoms with Crippen molar-refractivity contribution >= 4 is 11.5 Å². The largest absolute Gasteiger partial charge is 0.381 e. The fourth-order valence-corrected chi connectivity index (χ4v) is 1.64. The van der Waals surface area contributed by atoms with Gasteiger partial charge in [0, 0.05) is 17.8 Å². The van der Waals surface area contributed by atoms with Gasteiger partial charge in [-0.1, -0.05) is 42.5 Å². The molecule has 0 radical (unpaired) electrons. The van der Waals surface area contributed by atoms with Gasteiger partial charge in [-0.2, -0.15) is 0 Å². The van der Waals surface area contributed by atoms with Gasteiger partial charge in [0.15, 0.2) is 5.84 Å². The van der Waals surface area contributed by atoms with Gasteiger partial charge < -0.3 is 5.32 Å². The summed E-state index contributed by atoms with van der Waals surface area (Å²) in [5, 5.41) is 13.9. The Bertz CT molecular complexity index is 549. The molecule has 0 aliphatic heterocycles. The number of rotatable bonds is 4. The topological polar surface area (TPSA) is 72.1 Å². The summed E-state index contributed by atoms with van der Waals surface area (Å²) in [6, 6.07) is 17.5. The van der Waals surface area contributed by atoms with E-state index in [1.807, 2.05) is 36.4 Å². The van der Waals surface area contributed by atoms with Gasteiger partial charge in [0.2, 0.25) is 0 Å². The Morgan fingerprint density at radius 1 is 1.06 bits per heavy atom. The first-order chi connectivity index (χ1) is 8.79. The molecule has 0 amide bonds. The molecule has 0 heterocycles. The van der Waals surface area contributed by atoms with Crippen LogP contribution in [0.5, 0.6) is 0 Å². The quantitative estimate of drug-likeness (QED) is 0.424. The Hall–Kier alpha value is -2.49. The molecule has 0 aliphatic rings. The molecule has 0 bridgehead atoms. The number of nitrogens with one attached hydrogen (secondary N) is 3. The van der Waals surface area contributed by atoms with Gasteiger partial charge in [-0.05, 0) is 17.7 Å². The number of anilines is 1. The average Bonchev–Trinajstić information content (AvgIpc) is 2.45. The Kier molecular flexibility index (Phi) is 3.81. The van der Waals surface area contributed by atoms with Crippen LogP contribution in [-0.4, -0.2) is 5.84 Å². The maximum absolute atomic E-state index is 7.49. The summed E-state index contributed by atoms with van der Waals surface area (Å²) in [6.45, 7) is 0.732. The zero-order valence-electron chi connectivity index (χ0n) is 9.85. The van der Waals surface area contributed by atoms with E-state index in [0.717, 1.165) is 12.2 Å². The third-order valence-electron chi connectivity index (χ3n) is 2.59. The second kappa shape index (κ2) is 5.72. The molecule has 2 aromatic rings. The molecular formula is C14H14N4. The van der Waals surface area contributed by atoms with Crippen LogP contribution in [-0.2, 0) is 6.54 Å². The van der Waals surface area contributed by atoms with E-state index in [0.29, 0.717) is 5.56 Å². The van der Waals surface area contributed by atoms with Crippen molar-refractivity contribution in [3.05, 3.63) is 65.7 Å². The number of amidine groups is 1. The number of hydrogen-bond donors (Lipinski definition) is 3. The zero-order chi connectivity index (χ0) is 12.8. The van der Waals surface area contributed by atoms with Crippen LogP contribution in [0.15, 0.2) is 59.7 Å². The SMILES string of the molecule is N=NC(=N)c1cccc(NCc2ccccc2)c1. The molecule has 4 nitrogen and oxygen atoms in total.